The molecule has 0 saturated heterocycles. The number of benzene rings is 1. The first-order valence-electron chi connectivity index (χ1n) is 9.74. The lowest BCUT2D eigenvalue weighted by Gasteiger charge is -2.36. The van der Waals surface area contributed by atoms with Crippen LogP contribution in [0.4, 0.5) is 10.7 Å². The smallest absolute Gasteiger partial charge is 0.282 e. The van der Waals surface area contributed by atoms with Gasteiger partial charge in [0.25, 0.3) is 17.5 Å². The third kappa shape index (κ3) is 4.20. The summed E-state index contributed by atoms with van der Waals surface area (Å²) in [6, 6.07) is 3.78. The van der Waals surface area contributed by atoms with Crippen molar-refractivity contribution in [1.29, 1.82) is 0 Å². The third-order valence-corrected chi connectivity index (χ3v) is 7.56. The van der Waals surface area contributed by atoms with Crippen molar-refractivity contribution in [2.75, 3.05) is 5.32 Å². The Morgan fingerprint density at radius 2 is 2.10 bits per heavy atom. The lowest BCUT2D eigenvalue weighted by atomic mass is 9.69. The van der Waals surface area contributed by atoms with Gasteiger partial charge in [-0.3, -0.25) is 19.7 Å². The zero-order valence-corrected chi connectivity index (χ0v) is 18.7. The molecular weight excluding hydrogens is 426 g/mol. The molecule has 9 heteroatoms. The normalized spacial score (nSPS) is 16.1. The Balaban J connectivity index is 1.97. The summed E-state index contributed by atoms with van der Waals surface area (Å²) < 4.78 is 0. The Morgan fingerprint density at radius 3 is 2.70 bits per heavy atom. The molecule has 1 aromatic heterocycles. The van der Waals surface area contributed by atoms with Gasteiger partial charge in [0.15, 0.2) is 0 Å². The van der Waals surface area contributed by atoms with Crippen LogP contribution in [0.15, 0.2) is 18.2 Å². The second kappa shape index (κ2) is 8.35. The number of fused-ring (bicyclic) bond motifs is 1. The minimum atomic E-state index is -0.698. The number of carbonyl (C=O) groups is 2. The number of carbonyl (C=O) groups excluding carboxylic acids is 2. The van der Waals surface area contributed by atoms with Crippen LogP contribution >= 0.6 is 22.9 Å². The van der Waals surface area contributed by atoms with Crippen LogP contribution in [0.2, 0.25) is 5.02 Å². The van der Waals surface area contributed by atoms with Crippen LogP contribution in [-0.2, 0) is 12.8 Å². The number of nitrogens with zero attached hydrogens (tertiary/aromatic N) is 1. The first-order valence-corrected chi connectivity index (χ1v) is 10.9. The largest absolute Gasteiger partial charge is 0.365 e. The number of hydrogen-bond donors (Lipinski definition) is 2. The van der Waals surface area contributed by atoms with Crippen molar-refractivity contribution < 1.29 is 14.5 Å². The van der Waals surface area contributed by atoms with Crippen molar-refractivity contribution in [3.05, 3.63) is 54.9 Å². The molecule has 30 heavy (non-hydrogen) atoms. The molecule has 1 atom stereocenters. The number of nitrogens with one attached hydrogen (secondary N) is 1. The minimum Gasteiger partial charge on any atom is -0.365 e. The summed E-state index contributed by atoms with van der Waals surface area (Å²) in [5.41, 5.74) is 6.46. The maximum Gasteiger partial charge on any atom is 0.282 e. The summed E-state index contributed by atoms with van der Waals surface area (Å²) in [6.07, 6.45) is 3.51. The van der Waals surface area contributed by atoms with Gasteiger partial charge in [0, 0.05) is 16.0 Å². The molecule has 2 aromatic rings. The molecule has 1 unspecified atom stereocenters. The molecule has 0 radical (unpaired) electrons. The number of nitro benzene ring substituents is 1. The molecule has 2 amide bonds. The maximum atomic E-state index is 12.8. The molecule has 1 heterocycles. The van der Waals surface area contributed by atoms with E-state index in [1.54, 1.807) is 0 Å². The molecule has 0 spiro atoms. The summed E-state index contributed by atoms with van der Waals surface area (Å²) in [5.74, 6) is -0.848. The average Bonchev–Trinajstić information content (AvgIpc) is 3.04. The molecular formula is C21H24ClN3O4S. The Morgan fingerprint density at radius 1 is 1.40 bits per heavy atom. The van der Waals surface area contributed by atoms with Gasteiger partial charge in [0.05, 0.1) is 10.5 Å². The van der Waals surface area contributed by atoms with Crippen molar-refractivity contribution in [3.63, 3.8) is 0 Å². The van der Waals surface area contributed by atoms with E-state index in [1.165, 1.54) is 29.5 Å². The first-order chi connectivity index (χ1) is 14.0. The quantitative estimate of drug-likeness (QED) is 0.465. The molecule has 1 aliphatic rings. The summed E-state index contributed by atoms with van der Waals surface area (Å²) in [4.78, 5) is 36.7. The topological polar surface area (TPSA) is 115 Å². The van der Waals surface area contributed by atoms with Gasteiger partial charge in [-0.15, -0.1) is 11.3 Å². The van der Waals surface area contributed by atoms with Crippen LogP contribution in [0.3, 0.4) is 0 Å². The first kappa shape index (κ1) is 22.2. The van der Waals surface area contributed by atoms with E-state index in [-0.39, 0.29) is 21.7 Å². The van der Waals surface area contributed by atoms with Gasteiger partial charge < -0.3 is 11.1 Å². The van der Waals surface area contributed by atoms with Gasteiger partial charge in [-0.2, -0.15) is 0 Å². The van der Waals surface area contributed by atoms with E-state index in [9.17, 15) is 19.7 Å². The van der Waals surface area contributed by atoms with Crippen LogP contribution in [0.5, 0.6) is 0 Å². The highest BCUT2D eigenvalue weighted by Crippen LogP contribution is 2.45. The fraction of sp³-hybridized carbons (Fsp3) is 0.429. The molecule has 1 aromatic carbocycles. The van der Waals surface area contributed by atoms with Crippen molar-refractivity contribution in [2.45, 2.75) is 46.5 Å². The van der Waals surface area contributed by atoms with Gasteiger partial charge in [-0.25, -0.2) is 0 Å². The van der Waals surface area contributed by atoms with Gasteiger partial charge >= 0.3 is 0 Å². The average molecular weight is 450 g/mol. The third-order valence-electron chi connectivity index (χ3n) is 6.16. The minimum absolute atomic E-state index is 0.166. The van der Waals surface area contributed by atoms with Gasteiger partial charge in [-0.05, 0) is 48.3 Å². The molecule has 0 aliphatic heterocycles. The van der Waals surface area contributed by atoms with Crippen molar-refractivity contribution in [2.24, 2.45) is 17.1 Å². The van der Waals surface area contributed by atoms with Crippen LogP contribution in [-0.4, -0.2) is 16.7 Å². The number of thiophene rings is 1. The van der Waals surface area contributed by atoms with Crippen LogP contribution in [0.25, 0.3) is 0 Å². The van der Waals surface area contributed by atoms with E-state index >= 15 is 0 Å². The Kier molecular flexibility index (Phi) is 6.19. The summed E-state index contributed by atoms with van der Waals surface area (Å²) in [6.45, 7) is 6.65. The molecule has 7 nitrogen and oxygen atoms in total. The van der Waals surface area contributed by atoms with E-state index < -0.39 is 16.7 Å². The highest BCUT2D eigenvalue weighted by molar-refractivity contribution is 7.17. The molecule has 160 valence electrons. The number of anilines is 1. The Hall–Kier alpha value is -2.45. The number of nitro groups is 1. The monoisotopic (exact) mass is 449 g/mol. The molecule has 0 fully saturated rings. The van der Waals surface area contributed by atoms with Crippen LogP contribution < -0.4 is 11.1 Å². The van der Waals surface area contributed by atoms with Gasteiger partial charge in [0.1, 0.15) is 10.6 Å². The SMILES string of the molecule is CCC(C)(C)C1CCc2c(sc(NC(=O)c3cc(Cl)ccc3[N+](=O)[O-])c2C(N)=O)C1. The number of nitrogens with two attached hydrogens (primary N) is 1. The van der Waals surface area contributed by atoms with Gasteiger partial charge in [-0.1, -0.05) is 38.8 Å². The van der Waals surface area contributed by atoms with Crippen LogP contribution in [0.1, 0.15) is 64.8 Å². The number of halogens is 1. The van der Waals surface area contributed by atoms with E-state index in [4.69, 9.17) is 17.3 Å². The lowest BCUT2D eigenvalue weighted by molar-refractivity contribution is -0.385. The highest BCUT2D eigenvalue weighted by Gasteiger charge is 2.35. The predicted molar refractivity (Wildman–Crippen MR) is 118 cm³/mol. The number of primary amides is 1. The fourth-order valence-corrected chi connectivity index (χ4v) is 5.41. The Bertz CT molecular complexity index is 1030. The van der Waals surface area contributed by atoms with E-state index in [0.29, 0.717) is 22.9 Å². The van der Waals surface area contributed by atoms with E-state index in [1.807, 2.05) is 0 Å². The maximum absolute atomic E-state index is 12.8. The zero-order valence-electron chi connectivity index (χ0n) is 17.1. The van der Waals surface area contributed by atoms with E-state index in [2.05, 4.69) is 26.1 Å². The van der Waals surface area contributed by atoms with Crippen molar-refractivity contribution in [3.8, 4) is 0 Å². The summed E-state index contributed by atoms with van der Waals surface area (Å²) in [5, 5.41) is 14.5. The second-order valence-corrected chi connectivity index (χ2v) is 9.77. The van der Waals surface area contributed by atoms with Crippen molar-refractivity contribution >= 4 is 45.4 Å². The molecule has 3 N–H and O–H groups in total. The fourth-order valence-electron chi connectivity index (χ4n) is 3.91. The predicted octanol–water partition coefficient (Wildman–Crippen LogP) is 5.20. The van der Waals surface area contributed by atoms with Crippen LogP contribution in [0, 0.1) is 21.4 Å². The number of amides is 2. The summed E-state index contributed by atoms with van der Waals surface area (Å²) >= 11 is 7.26. The standard InChI is InChI=1S/C21H24ClN3O4S/c1-4-21(2,3)11-5-7-13-16(9-11)30-20(17(13)18(23)26)24-19(27)14-10-12(22)6-8-15(14)25(28)29/h6,8,10-11H,4-5,7,9H2,1-3H3,(H2,23,26)(H,24,27). The van der Waals surface area contributed by atoms with Crippen molar-refractivity contribution in [1.82, 2.24) is 0 Å². The molecule has 0 bridgehead atoms. The summed E-state index contributed by atoms with van der Waals surface area (Å²) in [7, 11) is 0. The lowest BCUT2D eigenvalue weighted by Crippen LogP contribution is -2.29. The zero-order chi connectivity index (χ0) is 22.2. The number of rotatable bonds is 6. The highest BCUT2D eigenvalue weighted by atomic mass is 35.5. The van der Waals surface area contributed by atoms with Gasteiger partial charge in [0.2, 0.25) is 0 Å². The molecule has 0 saturated carbocycles. The molecule has 3 rings (SSSR count). The van der Waals surface area contributed by atoms with E-state index in [0.717, 1.165) is 29.7 Å². The Labute approximate surface area is 183 Å². The molecule has 1 aliphatic carbocycles. The second-order valence-electron chi connectivity index (χ2n) is 8.23. The number of hydrogen-bond acceptors (Lipinski definition) is 5.